The summed E-state index contributed by atoms with van der Waals surface area (Å²) in [5.74, 6) is 0.204. The van der Waals surface area contributed by atoms with Crippen LogP contribution in [0.2, 0.25) is 0 Å². The summed E-state index contributed by atoms with van der Waals surface area (Å²) in [6.07, 6.45) is 0.553. The molecule has 0 atom stereocenters. The molecule has 0 radical (unpaired) electrons. The largest absolute Gasteiger partial charge is 0.465 e. The molecule has 140 valence electrons. The fourth-order valence-corrected chi connectivity index (χ4v) is 2.47. The van der Waals surface area contributed by atoms with Crippen LogP contribution in [0.1, 0.15) is 12.5 Å². The number of fused-ring (bicyclic) bond motifs is 1. The number of carbonyl (C=O) groups excluding carboxylic acids is 1. The summed E-state index contributed by atoms with van der Waals surface area (Å²) in [7, 11) is 1.56. The first-order chi connectivity index (χ1) is 13.1. The lowest BCUT2D eigenvalue weighted by Gasteiger charge is -2.12. The Hall–Kier alpha value is -3.19. The summed E-state index contributed by atoms with van der Waals surface area (Å²) in [6.45, 7) is 5.57. The van der Waals surface area contributed by atoms with E-state index < -0.39 is 5.97 Å². The first kappa shape index (κ1) is 18.6. The topological polar surface area (TPSA) is 75.5 Å². The van der Waals surface area contributed by atoms with Crippen LogP contribution in [0.3, 0.4) is 0 Å². The first-order valence-electron chi connectivity index (χ1n) is 8.48. The highest BCUT2D eigenvalue weighted by molar-refractivity contribution is 5.86. The molecule has 0 amide bonds. The van der Waals surface area contributed by atoms with Gasteiger partial charge in [0, 0.05) is 19.1 Å². The quantitative estimate of drug-likeness (QED) is 0.346. The number of benzene rings is 2. The summed E-state index contributed by atoms with van der Waals surface area (Å²) >= 11 is 0. The first-order valence-corrected chi connectivity index (χ1v) is 8.48. The van der Waals surface area contributed by atoms with Gasteiger partial charge in [-0.25, -0.2) is 4.79 Å². The second kappa shape index (κ2) is 8.46. The Balaban J connectivity index is 1.86. The van der Waals surface area contributed by atoms with E-state index in [-0.39, 0.29) is 13.4 Å². The molecule has 0 aliphatic carbocycles. The van der Waals surface area contributed by atoms with E-state index in [1.807, 2.05) is 42.5 Å². The maximum absolute atomic E-state index is 11.5. The lowest BCUT2D eigenvalue weighted by molar-refractivity contribution is -0.138. The molecule has 0 saturated heterocycles. The molecule has 0 N–H and O–H groups in total. The van der Waals surface area contributed by atoms with Crippen molar-refractivity contribution < 1.29 is 19.0 Å². The van der Waals surface area contributed by atoms with Gasteiger partial charge in [-0.15, -0.1) is 15.0 Å². The summed E-state index contributed by atoms with van der Waals surface area (Å²) in [4.78, 5) is 13.1. The molecule has 3 aromatic rings. The molecule has 1 heterocycles. The predicted molar refractivity (Wildman–Crippen MR) is 101 cm³/mol. The second-order valence-electron chi connectivity index (χ2n) is 6.00. The standard InChI is InChI=1S/C20H21N3O4/c1-14(2)20(24)26-11-10-15-8-9-19(27-13-25-3)18(12-15)23-21-16-6-4-5-7-17(16)22-23/h4-9,12H,1,10-11,13H2,2-3H3. The minimum Gasteiger partial charge on any atom is -0.465 e. The van der Waals surface area contributed by atoms with Crippen molar-refractivity contribution in [1.82, 2.24) is 15.0 Å². The van der Waals surface area contributed by atoms with Gasteiger partial charge in [-0.3, -0.25) is 0 Å². The van der Waals surface area contributed by atoms with E-state index in [1.54, 1.807) is 18.8 Å². The van der Waals surface area contributed by atoms with Crippen LogP contribution >= 0.6 is 0 Å². The highest BCUT2D eigenvalue weighted by Crippen LogP contribution is 2.25. The monoisotopic (exact) mass is 367 g/mol. The molecule has 7 heteroatoms. The molecule has 7 nitrogen and oxygen atoms in total. The van der Waals surface area contributed by atoms with E-state index in [0.29, 0.717) is 23.4 Å². The van der Waals surface area contributed by atoms with E-state index >= 15 is 0 Å². The van der Waals surface area contributed by atoms with Crippen LogP contribution in [-0.4, -0.2) is 41.5 Å². The molecule has 1 aromatic heterocycles. The Morgan fingerprint density at radius 1 is 1.15 bits per heavy atom. The van der Waals surface area contributed by atoms with Crippen molar-refractivity contribution in [2.75, 3.05) is 20.5 Å². The third-order valence-electron chi connectivity index (χ3n) is 3.83. The van der Waals surface area contributed by atoms with Crippen molar-refractivity contribution in [2.24, 2.45) is 0 Å². The van der Waals surface area contributed by atoms with Gasteiger partial charge in [0.1, 0.15) is 22.5 Å². The van der Waals surface area contributed by atoms with Crippen LogP contribution in [0.4, 0.5) is 0 Å². The number of rotatable bonds is 8. The Bertz CT molecular complexity index is 932. The number of carbonyl (C=O) groups is 1. The molecule has 0 bridgehead atoms. The summed E-state index contributed by atoms with van der Waals surface area (Å²) in [5, 5.41) is 9.02. The average Bonchev–Trinajstić information content (AvgIpc) is 3.10. The molecule has 2 aromatic carbocycles. The van der Waals surface area contributed by atoms with E-state index in [1.165, 1.54) is 0 Å². The van der Waals surface area contributed by atoms with Crippen molar-refractivity contribution >= 4 is 17.0 Å². The smallest absolute Gasteiger partial charge is 0.333 e. The number of aromatic nitrogens is 3. The van der Waals surface area contributed by atoms with E-state index in [2.05, 4.69) is 16.8 Å². The fourth-order valence-electron chi connectivity index (χ4n) is 2.47. The molecular weight excluding hydrogens is 346 g/mol. The lowest BCUT2D eigenvalue weighted by atomic mass is 10.1. The Morgan fingerprint density at radius 3 is 2.48 bits per heavy atom. The number of nitrogens with zero attached hydrogens (tertiary/aromatic N) is 3. The van der Waals surface area contributed by atoms with Crippen LogP contribution in [0, 0.1) is 0 Å². The molecule has 27 heavy (non-hydrogen) atoms. The Labute approximate surface area is 157 Å². The van der Waals surface area contributed by atoms with Crippen molar-refractivity contribution in [3.05, 3.63) is 60.2 Å². The van der Waals surface area contributed by atoms with Gasteiger partial charge in [0.15, 0.2) is 6.79 Å². The molecule has 0 saturated carbocycles. The molecular formula is C20H21N3O4. The highest BCUT2D eigenvalue weighted by Gasteiger charge is 2.12. The van der Waals surface area contributed by atoms with Gasteiger partial charge in [-0.1, -0.05) is 24.8 Å². The molecule has 0 spiro atoms. The molecule has 0 aliphatic heterocycles. The molecule has 0 unspecified atom stereocenters. The van der Waals surface area contributed by atoms with Crippen LogP contribution in [0.15, 0.2) is 54.6 Å². The number of esters is 1. The third-order valence-corrected chi connectivity index (χ3v) is 3.83. The SMILES string of the molecule is C=C(C)C(=O)OCCc1ccc(OCOC)c(-n2nc3ccccc3n2)c1. The number of methoxy groups -OCH3 is 1. The van der Waals surface area contributed by atoms with Gasteiger partial charge >= 0.3 is 5.97 Å². The fraction of sp³-hybridized carbons (Fsp3) is 0.250. The lowest BCUT2D eigenvalue weighted by Crippen LogP contribution is -2.09. The minimum atomic E-state index is -0.393. The second-order valence-corrected chi connectivity index (χ2v) is 6.00. The van der Waals surface area contributed by atoms with Gasteiger partial charge in [-0.05, 0) is 36.8 Å². The minimum absolute atomic E-state index is 0.114. The van der Waals surface area contributed by atoms with Gasteiger partial charge in [0.25, 0.3) is 0 Å². The number of ether oxygens (including phenoxy) is 3. The van der Waals surface area contributed by atoms with Gasteiger partial charge in [0.2, 0.25) is 0 Å². The zero-order chi connectivity index (χ0) is 19.2. The van der Waals surface area contributed by atoms with Gasteiger partial charge in [0.05, 0.1) is 6.61 Å². The highest BCUT2D eigenvalue weighted by atomic mass is 16.7. The summed E-state index contributed by atoms with van der Waals surface area (Å²) < 4.78 is 15.8. The zero-order valence-corrected chi connectivity index (χ0v) is 15.3. The summed E-state index contributed by atoms with van der Waals surface area (Å²) in [5.41, 5.74) is 3.61. The third kappa shape index (κ3) is 4.51. The van der Waals surface area contributed by atoms with E-state index in [9.17, 15) is 4.79 Å². The van der Waals surface area contributed by atoms with Crippen molar-refractivity contribution in [2.45, 2.75) is 13.3 Å². The molecule has 0 fully saturated rings. The van der Waals surface area contributed by atoms with Gasteiger partial charge in [-0.2, -0.15) is 0 Å². The predicted octanol–water partition coefficient (Wildman–Crippen LogP) is 3.07. The van der Waals surface area contributed by atoms with E-state index in [0.717, 1.165) is 16.6 Å². The maximum Gasteiger partial charge on any atom is 0.333 e. The normalized spacial score (nSPS) is 10.7. The van der Waals surface area contributed by atoms with Crippen LogP contribution in [0.5, 0.6) is 5.75 Å². The van der Waals surface area contributed by atoms with Crippen LogP contribution in [0.25, 0.3) is 16.7 Å². The van der Waals surface area contributed by atoms with E-state index in [4.69, 9.17) is 14.2 Å². The Morgan fingerprint density at radius 2 is 1.85 bits per heavy atom. The zero-order valence-electron chi connectivity index (χ0n) is 15.3. The van der Waals surface area contributed by atoms with Crippen LogP contribution in [-0.2, 0) is 20.7 Å². The van der Waals surface area contributed by atoms with Gasteiger partial charge < -0.3 is 14.2 Å². The molecule has 0 aliphatic rings. The van der Waals surface area contributed by atoms with Crippen LogP contribution < -0.4 is 4.74 Å². The van der Waals surface area contributed by atoms with Crippen molar-refractivity contribution in [3.63, 3.8) is 0 Å². The average molecular weight is 367 g/mol. The number of hydrogen-bond donors (Lipinski definition) is 0. The molecule has 3 rings (SSSR count). The Kier molecular flexibility index (Phi) is 5.83. The van der Waals surface area contributed by atoms with Crippen molar-refractivity contribution in [1.29, 1.82) is 0 Å². The van der Waals surface area contributed by atoms with Crippen molar-refractivity contribution in [3.8, 4) is 11.4 Å². The summed E-state index contributed by atoms with van der Waals surface area (Å²) in [6, 6.07) is 13.3. The number of hydrogen-bond acceptors (Lipinski definition) is 6. The maximum atomic E-state index is 11.5.